The minimum Gasteiger partial charge on any atom is -0.493 e. The molecule has 1 aliphatic rings. The van der Waals surface area contributed by atoms with Crippen LogP contribution in [0, 0.1) is 0 Å². The van der Waals surface area contributed by atoms with Gasteiger partial charge >= 0.3 is 0 Å². The van der Waals surface area contributed by atoms with Crippen molar-refractivity contribution in [2.75, 3.05) is 39.4 Å². The van der Waals surface area contributed by atoms with Crippen LogP contribution in [0.25, 0.3) is 0 Å². The van der Waals surface area contributed by atoms with E-state index >= 15 is 0 Å². The van der Waals surface area contributed by atoms with Gasteiger partial charge in [-0.05, 0) is 48.2 Å². The van der Waals surface area contributed by atoms with Crippen molar-refractivity contribution < 1.29 is 28.9 Å². The summed E-state index contributed by atoms with van der Waals surface area (Å²) in [6.45, 7) is 1.23. The molecule has 2 amide bonds. The molecule has 2 aromatic carbocycles. The van der Waals surface area contributed by atoms with Crippen LogP contribution in [0.5, 0.6) is 11.5 Å². The zero-order chi connectivity index (χ0) is 23.1. The molecule has 0 atom stereocenters. The molecule has 1 aliphatic heterocycles. The quantitative estimate of drug-likeness (QED) is 0.597. The maximum absolute atomic E-state index is 13.4. The molecule has 32 heavy (non-hydrogen) atoms. The lowest BCUT2D eigenvalue weighted by Crippen LogP contribution is -2.38. The number of rotatable bonds is 9. The summed E-state index contributed by atoms with van der Waals surface area (Å²) in [7, 11) is 5.02. The highest BCUT2D eigenvalue weighted by atomic mass is 16.5. The number of nitrogens with zero attached hydrogens (tertiary/aromatic N) is 2. The Kier molecular flexibility index (Phi) is 8.08. The molecule has 0 aromatic heterocycles. The van der Waals surface area contributed by atoms with Gasteiger partial charge in [0, 0.05) is 32.0 Å². The Bertz CT molecular complexity index is 942. The Morgan fingerprint density at radius 2 is 1.78 bits per heavy atom. The Labute approximate surface area is 188 Å². The summed E-state index contributed by atoms with van der Waals surface area (Å²) < 4.78 is 16.0. The van der Waals surface area contributed by atoms with Gasteiger partial charge in [0.1, 0.15) is 0 Å². The topological polar surface area (TPSA) is 88.5 Å². The molecule has 0 radical (unpaired) electrons. The van der Waals surface area contributed by atoms with Gasteiger partial charge in [0.25, 0.3) is 5.91 Å². The number of amides is 2. The average Bonchev–Trinajstić information content (AvgIpc) is 2.86. The molecule has 8 heteroatoms. The summed E-state index contributed by atoms with van der Waals surface area (Å²) in [5.74, 6) is 0.653. The van der Waals surface area contributed by atoms with E-state index in [1.165, 1.54) is 7.11 Å². The molecule has 0 bridgehead atoms. The molecule has 172 valence electrons. The Morgan fingerprint density at radius 1 is 1.09 bits per heavy atom. The van der Waals surface area contributed by atoms with Crippen molar-refractivity contribution in [2.45, 2.75) is 32.0 Å². The number of aliphatic hydroxyl groups is 1. The first-order valence-electron chi connectivity index (χ1n) is 10.5. The van der Waals surface area contributed by atoms with Crippen LogP contribution in [0.1, 0.15) is 34.3 Å². The SMILES string of the molecule is COc1ccc(CN(C=O)C(=O)c2cc(CO)ccc2N(C)C2CCOCC2)cc1OC. The van der Waals surface area contributed by atoms with Crippen molar-refractivity contribution in [3.63, 3.8) is 0 Å². The first-order valence-corrected chi connectivity index (χ1v) is 10.5. The lowest BCUT2D eigenvalue weighted by atomic mass is 10.0. The second-order valence-electron chi connectivity index (χ2n) is 7.69. The maximum atomic E-state index is 13.4. The van der Waals surface area contributed by atoms with Crippen LogP contribution in [-0.4, -0.2) is 62.8 Å². The van der Waals surface area contributed by atoms with Crippen LogP contribution in [-0.2, 0) is 22.7 Å². The Hall–Kier alpha value is -3.10. The van der Waals surface area contributed by atoms with E-state index in [9.17, 15) is 14.7 Å². The third-order valence-electron chi connectivity index (χ3n) is 5.78. The molecule has 0 unspecified atom stereocenters. The normalized spacial score (nSPS) is 14.0. The zero-order valence-corrected chi connectivity index (χ0v) is 18.7. The van der Waals surface area contributed by atoms with E-state index in [-0.39, 0.29) is 19.2 Å². The van der Waals surface area contributed by atoms with Crippen molar-refractivity contribution in [3.05, 3.63) is 53.1 Å². The van der Waals surface area contributed by atoms with Crippen LogP contribution >= 0.6 is 0 Å². The van der Waals surface area contributed by atoms with Crippen LogP contribution in [0.4, 0.5) is 5.69 Å². The van der Waals surface area contributed by atoms with Gasteiger partial charge < -0.3 is 24.2 Å². The molecule has 1 heterocycles. The van der Waals surface area contributed by atoms with E-state index < -0.39 is 5.91 Å². The van der Waals surface area contributed by atoms with E-state index in [1.54, 1.807) is 37.4 Å². The largest absolute Gasteiger partial charge is 0.493 e. The summed E-state index contributed by atoms with van der Waals surface area (Å²) in [5.41, 5.74) is 2.42. The lowest BCUT2D eigenvalue weighted by molar-refractivity contribution is -0.116. The first-order chi connectivity index (χ1) is 15.5. The molecule has 1 N–H and O–H groups in total. The summed E-state index contributed by atoms with van der Waals surface area (Å²) in [6.07, 6.45) is 2.24. The van der Waals surface area contributed by atoms with Crippen LogP contribution in [0.15, 0.2) is 36.4 Å². The second-order valence-corrected chi connectivity index (χ2v) is 7.69. The van der Waals surface area contributed by atoms with Crippen LogP contribution in [0.3, 0.4) is 0 Å². The second kappa shape index (κ2) is 11.0. The highest BCUT2D eigenvalue weighted by Gasteiger charge is 2.26. The van der Waals surface area contributed by atoms with Gasteiger partial charge in [-0.15, -0.1) is 0 Å². The molecule has 8 nitrogen and oxygen atoms in total. The molecule has 0 aliphatic carbocycles. The number of carbonyl (C=O) groups excluding carboxylic acids is 2. The predicted molar refractivity (Wildman–Crippen MR) is 120 cm³/mol. The summed E-state index contributed by atoms with van der Waals surface area (Å²) in [6, 6.07) is 10.8. The molecule has 0 saturated carbocycles. The number of anilines is 1. The van der Waals surface area contributed by atoms with E-state index in [2.05, 4.69) is 4.90 Å². The molecular weight excluding hydrogens is 412 g/mol. The Morgan fingerprint density at radius 3 is 2.41 bits per heavy atom. The lowest BCUT2D eigenvalue weighted by Gasteiger charge is -2.34. The van der Waals surface area contributed by atoms with E-state index in [1.807, 2.05) is 13.1 Å². The van der Waals surface area contributed by atoms with Gasteiger partial charge in [0.05, 0.1) is 32.9 Å². The van der Waals surface area contributed by atoms with Crippen molar-refractivity contribution in [2.24, 2.45) is 0 Å². The maximum Gasteiger partial charge on any atom is 0.262 e. The number of benzene rings is 2. The van der Waals surface area contributed by atoms with Crippen LogP contribution in [0.2, 0.25) is 0 Å². The fraction of sp³-hybridized carbons (Fsp3) is 0.417. The molecule has 3 rings (SSSR count). The Balaban J connectivity index is 1.90. The van der Waals surface area contributed by atoms with Gasteiger partial charge in [-0.3, -0.25) is 14.5 Å². The van der Waals surface area contributed by atoms with Gasteiger partial charge in [0.2, 0.25) is 6.41 Å². The first kappa shape index (κ1) is 23.6. The van der Waals surface area contributed by atoms with Crippen molar-refractivity contribution in [1.29, 1.82) is 0 Å². The number of carbonyl (C=O) groups is 2. The van der Waals surface area contributed by atoms with Gasteiger partial charge in [-0.1, -0.05) is 12.1 Å². The monoisotopic (exact) mass is 442 g/mol. The molecule has 1 saturated heterocycles. The minimum absolute atomic E-state index is 0.0759. The summed E-state index contributed by atoms with van der Waals surface area (Å²) in [5, 5.41) is 9.61. The van der Waals surface area contributed by atoms with Gasteiger partial charge in [-0.2, -0.15) is 0 Å². The number of hydrogen-bond acceptors (Lipinski definition) is 7. The van der Waals surface area contributed by atoms with Crippen molar-refractivity contribution >= 4 is 18.0 Å². The average molecular weight is 443 g/mol. The number of imide groups is 1. The number of methoxy groups -OCH3 is 2. The highest BCUT2D eigenvalue weighted by Crippen LogP contribution is 2.30. The summed E-state index contributed by atoms with van der Waals surface area (Å²) in [4.78, 5) is 28.5. The zero-order valence-electron chi connectivity index (χ0n) is 18.7. The summed E-state index contributed by atoms with van der Waals surface area (Å²) >= 11 is 0. The molecule has 1 fully saturated rings. The van der Waals surface area contributed by atoms with Crippen LogP contribution < -0.4 is 14.4 Å². The fourth-order valence-electron chi connectivity index (χ4n) is 3.92. The van der Waals surface area contributed by atoms with E-state index in [0.717, 1.165) is 29.0 Å². The fourth-order valence-corrected chi connectivity index (χ4v) is 3.92. The number of aliphatic hydroxyl groups excluding tert-OH is 1. The molecular formula is C24H30N2O6. The third-order valence-corrected chi connectivity index (χ3v) is 5.78. The number of hydrogen-bond donors (Lipinski definition) is 1. The van der Waals surface area contributed by atoms with E-state index in [4.69, 9.17) is 14.2 Å². The standard InChI is InChI=1S/C24H30N2O6/c1-25(19-8-10-32-11-9-19)21-6-4-18(15-27)12-20(21)24(29)26(16-28)14-17-5-7-22(30-2)23(13-17)31-3/h4-7,12-13,16,19,27H,8-11,14-15H2,1-3H3. The number of ether oxygens (including phenoxy) is 3. The highest BCUT2D eigenvalue weighted by molar-refractivity contribution is 6.04. The van der Waals surface area contributed by atoms with Crippen molar-refractivity contribution in [1.82, 2.24) is 4.90 Å². The molecule has 2 aromatic rings. The van der Waals surface area contributed by atoms with Gasteiger partial charge in [-0.25, -0.2) is 0 Å². The third kappa shape index (κ3) is 5.20. The minimum atomic E-state index is -0.431. The van der Waals surface area contributed by atoms with E-state index in [0.29, 0.717) is 42.2 Å². The molecule has 0 spiro atoms. The van der Waals surface area contributed by atoms with Crippen molar-refractivity contribution in [3.8, 4) is 11.5 Å². The predicted octanol–water partition coefficient (Wildman–Crippen LogP) is 2.61. The smallest absolute Gasteiger partial charge is 0.262 e. The van der Waals surface area contributed by atoms with Gasteiger partial charge in [0.15, 0.2) is 11.5 Å².